The highest BCUT2D eigenvalue weighted by Gasteiger charge is 2.48. The van der Waals surface area contributed by atoms with E-state index in [9.17, 15) is 10.1 Å². The van der Waals surface area contributed by atoms with Gasteiger partial charge < -0.3 is 14.2 Å². The summed E-state index contributed by atoms with van der Waals surface area (Å²) in [5.41, 5.74) is 4.22. The number of fused-ring (bicyclic) bond motifs is 1. The molecule has 8 nitrogen and oxygen atoms in total. The van der Waals surface area contributed by atoms with Crippen LogP contribution in [0, 0.1) is 10.1 Å². The summed E-state index contributed by atoms with van der Waals surface area (Å²) in [5, 5.41) is 14.8. The second-order valence-electron chi connectivity index (χ2n) is 5.25. The van der Waals surface area contributed by atoms with E-state index in [4.69, 9.17) is 14.2 Å². The minimum atomic E-state index is -0.691. The van der Waals surface area contributed by atoms with Crippen molar-refractivity contribution < 1.29 is 19.1 Å². The molecule has 0 saturated carbocycles. The molecule has 2 fully saturated rings. The Kier molecular flexibility index (Phi) is 3.36. The van der Waals surface area contributed by atoms with Crippen LogP contribution < -0.4 is 5.43 Å². The molecule has 112 valence electrons. The third-order valence-electron chi connectivity index (χ3n) is 3.19. The number of nitro groups is 1. The Morgan fingerprint density at radius 3 is 2.71 bits per heavy atom. The van der Waals surface area contributed by atoms with E-state index in [0.29, 0.717) is 18.0 Å². The molecule has 0 aliphatic carbocycles. The standard InChI is InChI=1S/C13H15N3O5/c1-13(2)20-11-10(7-19-12(11)21-13)15-14-8-3-5-9(6-4-8)16(17)18/h3-6,11-12,14H,7H2,1-2H3/b15-10+/t11-,12-/m1/s1. The number of nitrogens with one attached hydrogen (secondary N) is 1. The van der Waals surface area contributed by atoms with Crippen LogP contribution in [0.15, 0.2) is 29.4 Å². The van der Waals surface area contributed by atoms with Crippen molar-refractivity contribution in [1.82, 2.24) is 0 Å². The molecule has 1 aromatic carbocycles. The van der Waals surface area contributed by atoms with E-state index in [-0.39, 0.29) is 11.8 Å². The SMILES string of the molecule is CC1(C)O[C@H]2OC/C(=N\Nc3ccc([N+](=O)[O-])cc3)[C@H]2O1. The fraction of sp³-hybridized carbons (Fsp3) is 0.462. The molecule has 2 aliphatic rings. The van der Waals surface area contributed by atoms with Crippen LogP contribution in [-0.4, -0.2) is 35.4 Å². The zero-order chi connectivity index (χ0) is 15.0. The molecule has 0 spiro atoms. The highest BCUT2D eigenvalue weighted by Crippen LogP contribution is 2.33. The van der Waals surface area contributed by atoms with Crippen molar-refractivity contribution in [2.24, 2.45) is 5.10 Å². The van der Waals surface area contributed by atoms with Crippen LogP contribution in [0.25, 0.3) is 0 Å². The Bertz CT molecular complexity index is 584. The second-order valence-corrected chi connectivity index (χ2v) is 5.25. The monoisotopic (exact) mass is 293 g/mol. The highest BCUT2D eigenvalue weighted by molar-refractivity contribution is 5.92. The summed E-state index contributed by atoms with van der Waals surface area (Å²) in [4.78, 5) is 10.1. The van der Waals surface area contributed by atoms with E-state index in [0.717, 1.165) is 0 Å². The minimum absolute atomic E-state index is 0.0340. The van der Waals surface area contributed by atoms with E-state index < -0.39 is 17.0 Å². The maximum absolute atomic E-state index is 10.6. The average molecular weight is 293 g/mol. The highest BCUT2D eigenvalue weighted by atomic mass is 16.8. The number of hydrazone groups is 1. The molecule has 8 heteroatoms. The number of hydrogen-bond acceptors (Lipinski definition) is 7. The Labute approximate surface area is 120 Å². The van der Waals surface area contributed by atoms with Crippen molar-refractivity contribution in [3.63, 3.8) is 0 Å². The lowest BCUT2D eigenvalue weighted by Crippen LogP contribution is -2.27. The average Bonchev–Trinajstić information content (AvgIpc) is 2.92. The Balaban J connectivity index is 1.68. The fourth-order valence-corrected chi connectivity index (χ4v) is 2.22. The van der Waals surface area contributed by atoms with Gasteiger partial charge >= 0.3 is 0 Å². The van der Waals surface area contributed by atoms with E-state index in [1.165, 1.54) is 12.1 Å². The zero-order valence-electron chi connectivity index (χ0n) is 11.6. The van der Waals surface area contributed by atoms with Gasteiger partial charge in [0, 0.05) is 12.1 Å². The van der Waals surface area contributed by atoms with E-state index >= 15 is 0 Å². The maximum Gasteiger partial charge on any atom is 0.269 e. The topological polar surface area (TPSA) is 95.2 Å². The minimum Gasteiger partial charge on any atom is -0.343 e. The van der Waals surface area contributed by atoms with Crippen molar-refractivity contribution in [3.05, 3.63) is 34.4 Å². The molecular weight excluding hydrogens is 278 g/mol. The van der Waals surface area contributed by atoms with Crippen LogP contribution in [0.4, 0.5) is 11.4 Å². The summed E-state index contributed by atoms with van der Waals surface area (Å²) in [6.45, 7) is 3.96. The van der Waals surface area contributed by atoms with Gasteiger partial charge in [-0.25, -0.2) is 0 Å². The van der Waals surface area contributed by atoms with Gasteiger partial charge in [-0.1, -0.05) is 0 Å². The Hall–Kier alpha value is -2.03. The number of rotatable bonds is 3. The van der Waals surface area contributed by atoms with Crippen LogP contribution in [0.5, 0.6) is 0 Å². The van der Waals surface area contributed by atoms with Gasteiger partial charge in [-0.2, -0.15) is 5.10 Å². The second kappa shape index (κ2) is 5.06. The number of anilines is 1. The third kappa shape index (κ3) is 2.87. The lowest BCUT2D eigenvalue weighted by Gasteiger charge is -2.17. The van der Waals surface area contributed by atoms with Crippen LogP contribution in [0.3, 0.4) is 0 Å². The summed E-state index contributed by atoms with van der Waals surface area (Å²) >= 11 is 0. The fourth-order valence-electron chi connectivity index (χ4n) is 2.22. The smallest absolute Gasteiger partial charge is 0.269 e. The molecule has 0 radical (unpaired) electrons. The number of nitrogens with zero attached hydrogens (tertiary/aromatic N) is 2. The molecule has 21 heavy (non-hydrogen) atoms. The maximum atomic E-state index is 10.6. The summed E-state index contributed by atoms with van der Waals surface area (Å²) < 4.78 is 16.7. The van der Waals surface area contributed by atoms with Gasteiger partial charge in [0.15, 0.2) is 18.2 Å². The number of benzene rings is 1. The van der Waals surface area contributed by atoms with Gasteiger partial charge in [0.05, 0.1) is 22.9 Å². The summed E-state index contributed by atoms with van der Waals surface area (Å²) in [5.74, 6) is -0.691. The van der Waals surface area contributed by atoms with E-state index in [1.54, 1.807) is 12.1 Å². The quantitative estimate of drug-likeness (QED) is 0.675. The van der Waals surface area contributed by atoms with Gasteiger partial charge in [-0.05, 0) is 26.0 Å². The molecule has 1 aromatic rings. The Morgan fingerprint density at radius 2 is 2.05 bits per heavy atom. The van der Waals surface area contributed by atoms with Crippen LogP contribution in [0.1, 0.15) is 13.8 Å². The van der Waals surface area contributed by atoms with Crippen LogP contribution >= 0.6 is 0 Å². The molecule has 1 N–H and O–H groups in total. The lowest BCUT2D eigenvalue weighted by atomic mass is 10.2. The molecule has 0 bridgehead atoms. The molecule has 2 heterocycles. The predicted molar refractivity (Wildman–Crippen MR) is 73.9 cm³/mol. The van der Waals surface area contributed by atoms with Gasteiger partial charge in [0.1, 0.15) is 0 Å². The molecule has 2 aliphatic heterocycles. The normalized spacial score (nSPS) is 28.6. The van der Waals surface area contributed by atoms with E-state index in [1.807, 2.05) is 13.8 Å². The number of nitro benzene ring substituents is 1. The first kappa shape index (κ1) is 13.9. The van der Waals surface area contributed by atoms with Crippen molar-refractivity contribution in [1.29, 1.82) is 0 Å². The first-order valence-corrected chi connectivity index (χ1v) is 6.49. The van der Waals surface area contributed by atoms with Gasteiger partial charge in [0.2, 0.25) is 0 Å². The van der Waals surface area contributed by atoms with Crippen molar-refractivity contribution >= 4 is 17.1 Å². The van der Waals surface area contributed by atoms with E-state index in [2.05, 4.69) is 10.5 Å². The molecule has 2 saturated heterocycles. The summed E-state index contributed by atoms with van der Waals surface area (Å²) in [7, 11) is 0. The molecule has 2 atom stereocenters. The number of ether oxygens (including phenoxy) is 3. The molecular formula is C13H15N3O5. The first-order valence-electron chi connectivity index (χ1n) is 6.49. The Morgan fingerprint density at radius 1 is 1.33 bits per heavy atom. The zero-order valence-corrected chi connectivity index (χ0v) is 11.6. The van der Waals surface area contributed by atoms with Gasteiger partial charge in [-0.3, -0.25) is 15.5 Å². The van der Waals surface area contributed by atoms with Gasteiger partial charge in [-0.15, -0.1) is 0 Å². The predicted octanol–water partition coefficient (Wildman–Crippen LogP) is 1.87. The van der Waals surface area contributed by atoms with Crippen LogP contribution in [-0.2, 0) is 14.2 Å². The lowest BCUT2D eigenvalue weighted by molar-refractivity contribution is -0.384. The molecule has 0 aromatic heterocycles. The van der Waals surface area contributed by atoms with Gasteiger partial charge in [0.25, 0.3) is 5.69 Å². The van der Waals surface area contributed by atoms with Crippen LogP contribution in [0.2, 0.25) is 0 Å². The number of non-ortho nitro benzene ring substituents is 1. The number of hydrogen-bond donors (Lipinski definition) is 1. The largest absolute Gasteiger partial charge is 0.343 e. The molecule has 0 amide bonds. The first-order chi connectivity index (χ1) is 9.94. The third-order valence-corrected chi connectivity index (χ3v) is 3.19. The van der Waals surface area contributed by atoms with Crippen molar-refractivity contribution in [2.75, 3.05) is 12.0 Å². The van der Waals surface area contributed by atoms with Crippen molar-refractivity contribution in [3.8, 4) is 0 Å². The summed E-state index contributed by atoms with van der Waals surface area (Å²) in [6.07, 6.45) is -0.761. The molecule has 0 unspecified atom stereocenters. The summed E-state index contributed by atoms with van der Waals surface area (Å²) in [6, 6.07) is 6.00. The van der Waals surface area contributed by atoms with Crippen molar-refractivity contribution in [2.45, 2.75) is 32.0 Å². The molecule has 3 rings (SSSR count).